The summed E-state index contributed by atoms with van der Waals surface area (Å²) in [5.74, 6) is 0.0546. The molecule has 82 valence electrons. The highest BCUT2D eigenvalue weighted by Crippen LogP contribution is 2.26. The fourth-order valence-electron chi connectivity index (χ4n) is 1.26. The SMILES string of the molecule is Cc1c(CC(=O)N(C)C)ccc(N)c1Cl. The molecule has 1 rings (SSSR count). The number of nitrogens with two attached hydrogens (primary N) is 1. The highest BCUT2D eigenvalue weighted by atomic mass is 35.5. The number of hydrogen-bond acceptors (Lipinski definition) is 2. The van der Waals surface area contributed by atoms with Crippen LogP contribution in [0.25, 0.3) is 0 Å². The van der Waals surface area contributed by atoms with Gasteiger partial charge in [0.25, 0.3) is 0 Å². The third kappa shape index (κ3) is 2.63. The lowest BCUT2D eigenvalue weighted by Crippen LogP contribution is -2.23. The van der Waals surface area contributed by atoms with Gasteiger partial charge in [-0.2, -0.15) is 0 Å². The zero-order valence-corrected chi connectivity index (χ0v) is 9.93. The van der Waals surface area contributed by atoms with E-state index in [0.717, 1.165) is 11.1 Å². The smallest absolute Gasteiger partial charge is 0.226 e. The van der Waals surface area contributed by atoms with Gasteiger partial charge in [0.1, 0.15) is 0 Å². The normalized spacial score (nSPS) is 10.1. The molecule has 1 aromatic rings. The molecule has 0 aromatic heterocycles. The fraction of sp³-hybridized carbons (Fsp3) is 0.364. The molecule has 0 unspecified atom stereocenters. The molecule has 0 saturated carbocycles. The van der Waals surface area contributed by atoms with E-state index in [2.05, 4.69) is 0 Å². The maximum atomic E-state index is 11.5. The summed E-state index contributed by atoms with van der Waals surface area (Å²) in [6, 6.07) is 3.57. The zero-order valence-electron chi connectivity index (χ0n) is 9.17. The van der Waals surface area contributed by atoms with E-state index >= 15 is 0 Å². The molecule has 0 bridgehead atoms. The van der Waals surface area contributed by atoms with Gasteiger partial charge in [-0.3, -0.25) is 4.79 Å². The maximum absolute atomic E-state index is 11.5. The van der Waals surface area contributed by atoms with Gasteiger partial charge in [0.05, 0.1) is 17.1 Å². The fourth-order valence-corrected chi connectivity index (χ4v) is 1.44. The monoisotopic (exact) mass is 226 g/mol. The Hall–Kier alpha value is -1.22. The van der Waals surface area contributed by atoms with Crippen LogP contribution >= 0.6 is 11.6 Å². The Bertz CT molecular complexity index is 388. The first kappa shape index (κ1) is 11.9. The predicted molar refractivity (Wildman–Crippen MR) is 63.0 cm³/mol. The van der Waals surface area contributed by atoms with Crippen molar-refractivity contribution < 1.29 is 4.79 Å². The number of halogens is 1. The topological polar surface area (TPSA) is 46.3 Å². The lowest BCUT2D eigenvalue weighted by Gasteiger charge is -2.13. The first-order chi connectivity index (χ1) is 6.93. The second-order valence-electron chi connectivity index (χ2n) is 3.72. The highest BCUT2D eigenvalue weighted by molar-refractivity contribution is 6.33. The van der Waals surface area contributed by atoms with Crippen molar-refractivity contribution in [2.24, 2.45) is 0 Å². The van der Waals surface area contributed by atoms with Gasteiger partial charge < -0.3 is 10.6 Å². The predicted octanol–water partition coefficient (Wildman–Crippen LogP) is 1.86. The van der Waals surface area contributed by atoms with Crippen molar-refractivity contribution in [2.75, 3.05) is 19.8 Å². The lowest BCUT2D eigenvalue weighted by atomic mass is 10.0. The minimum Gasteiger partial charge on any atom is -0.398 e. The molecule has 0 fully saturated rings. The number of carbonyl (C=O) groups excluding carboxylic acids is 1. The molecule has 0 saturated heterocycles. The van der Waals surface area contributed by atoms with Crippen molar-refractivity contribution in [3.05, 3.63) is 28.3 Å². The molecule has 1 aromatic carbocycles. The van der Waals surface area contributed by atoms with Crippen molar-refractivity contribution in [1.82, 2.24) is 4.90 Å². The van der Waals surface area contributed by atoms with Gasteiger partial charge >= 0.3 is 0 Å². The number of carbonyl (C=O) groups is 1. The van der Waals surface area contributed by atoms with Gasteiger partial charge in [0.15, 0.2) is 0 Å². The molecular weight excluding hydrogens is 212 g/mol. The van der Waals surface area contributed by atoms with Gasteiger partial charge in [-0.15, -0.1) is 0 Å². The van der Waals surface area contributed by atoms with E-state index in [0.29, 0.717) is 17.1 Å². The third-order valence-electron chi connectivity index (χ3n) is 2.37. The van der Waals surface area contributed by atoms with Crippen LogP contribution in [0, 0.1) is 6.92 Å². The largest absolute Gasteiger partial charge is 0.398 e. The van der Waals surface area contributed by atoms with Crippen molar-refractivity contribution in [3.8, 4) is 0 Å². The van der Waals surface area contributed by atoms with Crippen molar-refractivity contribution >= 4 is 23.2 Å². The van der Waals surface area contributed by atoms with Crippen LogP contribution in [0.2, 0.25) is 5.02 Å². The number of hydrogen-bond donors (Lipinski definition) is 1. The van der Waals surface area contributed by atoms with E-state index in [9.17, 15) is 4.79 Å². The number of anilines is 1. The van der Waals surface area contributed by atoms with Crippen LogP contribution in [-0.4, -0.2) is 24.9 Å². The molecule has 3 nitrogen and oxygen atoms in total. The Balaban J connectivity index is 2.97. The van der Waals surface area contributed by atoms with E-state index < -0.39 is 0 Å². The van der Waals surface area contributed by atoms with E-state index in [4.69, 9.17) is 17.3 Å². The van der Waals surface area contributed by atoms with Gasteiger partial charge in [-0.1, -0.05) is 17.7 Å². The van der Waals surface area contributed by atoms with Crippen LogP contribution < -0.4 is 5.73 Å². The van der Waals surface area contributed by atoms with Crippen LogP contribution in [0.4, 0.5) is 5.69 Å². The average molecular weight is 227 g/mol. The number of rotatable bonds is 2. The molecule has 4 heteroatoms. The second-order valence-corrected chi connectivity index (χ2v) is 4.10. The number of nitrogens with zero attached hydrogens (tertiary/aromatic N) is 1. The van der Waals surface area contributed by atoms with Crippen molar-refractivity contribution in [2.45, 2.75) is 13.3 Å². The summed E-state index contributed by atoms with van der Waals surface area (Å²) < 4.78 is 0. The number of nitrogen functional groups attached to an aromatic ring is 1. The minimum absolute atomic E-state index is 0.0546. The van der Waals surface area contributed by atoms with Crippen LogP contribution in [0.15, 0.2) is 12.1 Å². The average Bonchev–Trinajstić information content (AvgIpc) is 2.18. The lowest BCUT2D eigenvalue weighted by molar-refractivity contribution is -0.127. The maximum Gasteiger partial charge on any atom is 0.226 e. The quantitative estimate of drug-likeness (QED) is 0.783. The molecule has 0 spiro atoms. The van der Waals surface area contributed by atoms with E-state index in [1.54, 1.807) is 25.1 Å². The van der Waals surface area contributed by atoms with Crippen LogP contribution in [-0.2, 0) is 11.2 Å². The summed E-state index contributed by atoms with van der Waals surface area (Å²) >= 11 is 6.00. The van der Waals surface area contributed by atoms with Gasteiger partial charge in [-0.25, -0.2) is 0 Å². The molecule has 0 radical (unpaired) electrons. The van der Waals surface area contributed by atoms with Crippen molar-refractivity contribution in [3.63, 3.8) is 0 Å². The molecule has 15 heavy (non-hydrogen) atoms. The van der Waals surface area contributed by atoms with Gasteiger partial charge in [0, 0.05) is 14.1 Å². The second kappa shape index (κ2) is 4.53. The molecular formula is C11H15ClN2O. The molecule has 0 aliphatic rings. The van der Waals surface area contributed by atoms with Crippen molar-refractivity contribution in [1.29, 1.82) is 0 Å². The summed E-state index contributed by atoms with van der Waals surface area (Å²) in [7, 11) is 3.47. The Kier molecular flexibility index (Phi) is 3.58. The zero-order chi connectivity index (χ0) is 11.6. The Morgan fingerprint density at radius 2 is 2.07 bits per heavy atom. The first-order valence-electron chi connectivity index (χ1n) is 4.67. The molecule has 0 aliphatic carbocycles. The number of benzene rings is 1. The van der Waals surface area contributed by atoms with E-state index in [1.165, 1.54) is 0 Å². The first-order valence-corrected chi connectivity index (χ1v) is 5.05. The number of likely N-dealkylation sites (N-methyl/N-ethyl adjacent to an activating group) is 1. The Labute approximate surface area is 94.8 Å². The molecule has 0 atom stereocenters. The minimum atomic E-state index is 0.0546. The molecule has 2 N–H and O–H groups in total. The third-order valence-corrected chi connectivity index (χ3v) is 2.87. The molecule has 0 aliphatic heterocycles. The van der Waals surface area contributed by atoms with Crippen LogP contribution in [0.1, 0.15) is 11.1 Å². The van der Waals surface area contributed by atoms with Crippen LogP contribution in [0.5, 0.6) is 0 Å². The number of amides is 1. The summed E-state index contributed by atoms with van der Waals surface area (Å²) in [6.07, 6.45) is 0.360. The summed E-state index contributed by atoms with van der Waals surface area (Å²) in [5.41, 5.74) is 8.01. The molecule has 1 amide bonds. The summed E-state index contributed by atoms with van der Waals surface area (Å²) in [6.45, 7) is 1.87. The molecule has 0 heterocycles. The Morgan fingerprint density at radius 3 is 2.60 bits per heavy atom. The standard InChI is InChI=1S/C11H15ClN2O/c1-7-8(6-10(15)14(2)3)4-5-9(13)11(7)12/h4-5H,6,13H2,1-3H3. The summed E-state index contributed by atoms with van der Waals surface area (Å²) in [4.78, 5) is 13.1. The highest BCUT2D eigenvalue weighted by Gasteiger charge is 2.10. The van der Waals surface area contributed by atoms with Gasteiger partial charge in [0.2, 0.25) is 5.91 Å². The van der Waals surface area contributed by atoms with E-state index in [-0.39, 0.29) is 5.91 Å². The van der Waals surface area contributed by atoms with Crippen LogP contribution in [0.3, 0.4) is 0 Å². The summed E-state index contributed by atoms with van der Waals surface area (Å²) in [5, 5.41) is 0.541. The van der Waals surface area contributed by atoms with E-state index in [1.807, 2.05) is 13.0 Å². The Morgan fingerprint density at radius 1 is 1.47 bits per heavy atom. The van der Waals surface area contributed by atoms with Gasteiger partial charge in [-0.05, 0) is 24.1 Å².